The van der Waals surface area contributed by atoms with Crippen LogP contribution in [0, 0.1) is 9.39 Å². The average Bonchev–Trinajstić information content (AvgIpc) is 2.75. The molecule has 0 unspecified atom stereocenters. The predicted molar refractivity (Wildman–Crippen MR) is 72.0 cm³/mol. The van der Waals surface area contributed by atoms with Gasteiger partial charge in [-0.1, -0.05) is 6.92 Å². The van der Waals surface area contributed by atoms with E-state index >= 15 is 0 Å². The molecule has 2 rings (SSSR count). The molecule has 90 valence electrons. The first-order valence-electron chi connectivity index (χ1n) is 5.31. The normalized spacial score (nSPS) is 10.8. The zero-order valence-corrected chi connectivity index (χ0v) is 11.5. The molecule has 0 aliphatic rings. The zero-order valence-electron chi connectivity index (χ0n) is 9.34. The second-order valence-electron chi connectivity index (χ2n) is 3.52. The van der Waals surface area contributed by atoms with E-state index in [1.54, 1.807) is 12.3 Å². The minimum absolute atomic E-state index is 0.245. The average molecular weight is 346 g/mol. The van der Waals surface area contributed by atoms with Crippen LogP contribution >= 0.6 is 22.6 Å². The van der Waals surface area contributed by atoms with Gasteiger partial charge in [0.05, 0.1) is 12.7 Å². The Morgan fingerprint density at radius 2 is 2.29 bits per heavy atom. The van der Waals surface area contributed by atoms with Crippen molar-refractivity contribution in [3.05, 3.63) is 39.7 Å². The highest BCUT2D eigenvalue weighted by molar-refractivity contribution is 14.1. The number of hydrogen-bond donors (Lipinski definition) is 1. The van der Waals surface area contributed by atoms with Crippen LogP contribution in [0.1, 0.15) is 12.8 Å². The van der Waals surface area contributed by atoms with E-state index in [9.17, 15) is 4.39 Å². The van der Waals surface area contributed by atoms with Gasteiger partial charge in [-0.2, -0.15) is 0 Å². The largest absolute Gasteiger partial charge is 0.439 e. The highest BCUT2D eigenvalue weighted by Crippen LogP contribution is 2.26. The van der Waals surface area contributed by atoms with Crippen molar-refractivity contribution in [1.29, 1.82) is 0 Å². The van der Waals surface area contributed by atoms with Crippen LogP contribution in [0.2, 0.25) is 0 Å². The second-order valence-corrected chi connectivity index (χ2v) is 4.68. The highest BCUT2D eigenvalue weighted by Gasteiger charge is 2.09. The lowest BCUT2D eigenvalue weighted by Gasteiger charge is -2.00. The predicted octanol–water partition coefficient (Wildman–Crippen LogP) is 3.19. The van der Waals surface area contributed by atoms with Gasteiger partial charge in [0.25, 0.3) is 0 Å². The summed E-state index contributed by atoms with van der Waals surface area (Å²) in [6.45, 7) is 3.49. The molecule has 1 N–H and O–H groups in total. The van der Waals surface area contributed by atoms with Gasteiger partial charge < -0.3 is 9.73 Å². The summed E-state index contributed by atoms with van der Waals surface area (Å²) in [6.07, 6.45) is 1.67. The Labute approximate surface area is 113 Å². The van der Waals surface area contributed by atoms with Crippen LogP contribution < -0.4 is 5.32 Å². The maximum Gasteiger partial charge on any atom is 0.208 e. The molecule has 0 radical (unpaired) electrons. The molecule has 0 fully saturated rings. The summed E-state index contributed by atoms with van der Waals surface area (Å²) < 4.78 is 19.4. The van der Waals surface area contributed by atoms with Gasteiger partial charge in [0.1, 0.15) is 5.82 Å². The smallest absolute Gasteiger partial charge is 0.208 e. The van der Waals surface area contributed by atoms with E-state index in [2.05, 4.69) is 32.9 Å². The third kappa shape index (κ3) is 3.04. The molecular weight excluding hydrogens is 334 g/mol. The van der Waals surface area contributed by atoms with Crippen molar-refractivity contribution in [3.8, 4) is 11.3 Å². The Morgan fingerprint density at radius 3 is 3.00 bits per heavy atom. The maximum atomic E-state index is 13.0. The summed E-state index contributed by atoms with van der Waals surface area (Å²) in [5.41, 5.74) is 0.863. The number of aromatic nitrogens is 1. The van der Waals surface area contributed by atoms with E-state index in [0.717, 1.165) is 15.7 Å². The van der Waals surface area contributed by atoms with Gasteiger partial charge >= 0.3 is 0 Å². The van der Waals surface area contributed by atoms with E-state index < -0.39 is 0 Å². The number of nitrogens with zero attached hydrogens (tertiary/aromatic N) is 1. The molecular formula is C12H12FIN2O. The summed E-state index contributed by atoms with van der Waals surface area (Å²) >= 11 is 2.08. The third-order valence-electron chi connectivity index (χ3n) is 2.28. The molecule has 0 atom stereocenters. The third-order valence-corrected chi connectivity index (χ3v) is 3.17. The van der Waals surface area contributed by atoms with Crippen molar-refractivity contribution < 1.29 is 8.81 Å². The number of oxazole rings is 1. The summed E-state index contributed by atoms with van der Waals surface area (Å²) in [5, 5.41) is 3.13. The molecule has 0 saturated heterocycles. The van der Waals surface area contributed by atoms with E-state index in [1.807, 2.05) is 6.92 Å². The highest BCUT2D eigenvalue weighted by atomic mass is 127. The Bertz CT molecular complexity index is 513. The van der Waals surface area contributed by atoms with Gasteiger partial charge in [0, 0.05) is 9.13 Å². The minimum atomic E-state index is -0.245. The molecule has 2 aromatic rings. The van der Waals surface area contributed by atoms with Gasteiger partial charge in [-0.05, 0) is 47.3 Å². The summed E-state index contributed by atoms with van der Waals surface area (Å²) in [5.74, 6) is 1.06. The summed E-state index contributed by atoms with van der Waals surface area (Å²) in [6, 6.07) is 4.60. The molecule has 0 spiro atoms. The summed E-state index contributed by atoms with van der Waals surface area (Å²) in [7, 11) is 0. The molecule has 3 nitrogen and oxygen atoms in total. The maximum absolute atomic E-state index is 13.0. The number of hydrogen-bond acceptors (Lipinski definition) is 3. The first-order valence-corrected chi connectivity index (χ1v) is 6.39. The van der Waals surface area contributed by atoms with Crippen LogP contribution in [-0.2, 0) is 6.54 Å². The van der Waals surface area contributed by atoms with Crippen molar-refractivity contribution in [2.75, 3.05) is 6.54 Å². The van der Waals surface area contributed by atoms with Gasteiger partial charge in [-0.3, -0.25) is 0 Å². The van der Waals surface area contributed by atoms with Crippen LogP contribution in [0.3, 0.4) is 0 Å². The SMILES string of the molecule is CCNCc1ncc(-c2ccc(F)cc2I)o1. The minimum Gasteiger partial charge on any atom is -0.439 e. The second kappa shape index (κ2) is 5.59. The Balaban J connectivity index is 2.24. The van der Waals surface area contributed by atoms with Gasteiger partial charge in [-0.15, -0.1) is 0 Å². The number of rotatable bonds is 4. The monoisotopic (exact) mass is 346 g/mol. The van der Waals surface area contributed by atoms with Crippen molar-refractivity contribution in [2.24, 2.45) is 0 Å². The Kier molecular flexibility index (Phi) is 4.11. The molecule has 0 aliphatic heterocycles. The molecule has 0 aliphatic carbocycles. The lowest BCUT2D eigenvalue weighted by Crippen LogP contribution is -2.11. The molecule has 0 saturated carbocycles. The van der Waals surface area contributed by atoms with Gasteiger partial charge in [-0.25, -0.2) is 9.37 Å². The van der Waals surface area contributed by atoms with Gasteiger partial charge in [0.15, 0.2) is 5.76 Å². The van der Waals surface area contributed by atoms with E-state index in [-0.39, 0.29) is 5.82 Å². The van der Waals surface area contributed by atoms with Crippen LogP contribution in [0.25, 0.3) is 11.3 Å². The quantitative estimate of drug-likeness (QED) is 0.865. The fourth-order valence-electron chi connectivity index (χ4n) is 1.44. The number of benzene rings is 1. The molecule has 1 heterocycles. The van der Waals surface area contributed by atoms with Crippen LogP contribution in [0.4, 0.5) is 4.39 Å². The summed E-state index contributed by atoms with van der Waals surface area (Å²) in [4.78, 5) is 4.17. The van der Waals surface area contributed by atoms with Crippen LogP contribution in [0.15, 0.2) is 28.8 Å². The van der Waals surface area contributed by atoms with Crippen molar-refractivity contribution in [3.63, 3.8) is 0 Å². The first-order chi connectivity index (χ1) is 8.20. The Morgan fingerprint density at radius 1 is 1.47 bits per heavy atom. The van der Waals surface area contributed by atoms with E-state index in [0.29, 0.717) is 18.2 Å². The topological polar surface area (TPSA) is 38.1 Å². The fraction of sp³-hybridized carbons (Fsp3) is 0.250. The van der Waals surface area contributed by atoms with Crippen LogP contribution in [-0.4, -0.2) is 11.5 Å². The number of halogens is 2. The van der Waals surface area contributed by atoms with Crippen molar-refractivity contribution in [1.82, 2.24) is 10.3 Å². The van der Waals surface area contributed by atoms with Crippen molar-refractivity contribution in [2.45, 2.75) is 13.5 Å². The Hall–Kier alpha value is -0.950. The molecule has 5 heteroatoms. The zero-order chi connectivity index (χ0) is 12.3. The number of nitrogens with one attached hydrogen (secondary N) is 1. The van der Waals surface area contributed by atoms with Gasteiger partial charge in [0.2, 0.25) is 5.89 Å². The molecule has 17 heavy (non-hydrogen) atoms. The molecule has 0 amide bonds. The van der Waals surface area contributed by atoms with E-state index in [4.69, 9.17) is 4.42 Å². The lowest BCUT2D eigenvalue weighted by molar-refractivity contribution is 0.482. The standard InChI is InChI=1S/C12H12FIN2O/c1-2-15-7-12-16-6-11(17-12)9-4-3-8(13)5-10(9)14/h3-6,15H,2,7H2,1H3. The fourth-order valence-corrected chi connectivity index (χ4v) is 2.18. The first kappa shape index (κ1) is 12.5. The van der Waals surface area contributed by atoms with E-state index in [1.165, 1.54) is 12.1 Å². The molecule has 1 aromatic heterocycles. The van der Waals surface area contributed by atoms with Crippen molar-refractivity contribution >= 4 is 22.6 Å². The van der Waals surface area contributed by atoms with Crippen LogP contribution in [0.5, 0.6) is 0 Å². The molecule has 1 aromatic carbocycles. The molecule has 0 bridgehead atoms. The lowest BCUT2D eigenvalue weighted by atomic mass is 10.2.